The molecule has 6 aromatic carbocycles. The minimum absolute atomic E-state index is 0.145. The average Bonchev–Trinajstić information content (AvgIpc) is 3.49. The number of nitrogens with zero attached hydrogens (tertiary/aromatic N) is 3. The van der Waals surface area contributed by atoms with Crippen LogP contribution in [0.4, 0.5) is 0 Å². The highest BCUT2D eigenvalue weighted by Crippen LogP contribution is 2.49. The first-order chi connectivity index (χ1) is 23.0. The Morgan fingerprint density at radius 1 is 0.426 bits per heavy atom. The van der Waals surface area contributed by atoms with E-state index in [1.54, 1.807) is 0 Å². The maximum atomic E-state index is 6.41. The molecule has 2 aromatic heterocycles. The minimum Gasteiger partial charge on any atom is -0.457 e. The van der Waals surface area contributed by atoms with Crippen LogP contribution in [0.5, 0.6) is 11.5 Å². The van der Waals surface area contributed by atoms with E-state index in [1.165, 1.54) is 11.1 Å². The number of fused-ring (bicyclic) bond motifs is 5. The van der Waals surface area contributed by atoms with Gasteiger partial charge in [0, 0.05) is 44.0 Å². The summed E-state index contributed by atoms with van der Waals surface area (Å²) in [6.07, 6.45) is 0. The van der Waals surface area contributed by atoms with Gasteiger partial charge in [-0.3, -0.25) is 0 Å². The topological polar surface area (TPSA) is 61.0 Å². The first-order valence-electron chi connectivity index (χ1n) is 15.8. The van der Waals surface area contributed by atoms with Crippen LogP contribution in [-0.2, 0) is 5.41 Å². The van der Waals surface area contributed by atoms with E-state index in [-0.39, 0.29) is 5.41 Å². The van der Waals surface area contributed by atoms with Crippen molar-refractivity contribution in [3.63, 3.8) is 0 Å². The third-order valence-electron chi connectivity index (χ3n) is 9.20. The number of para-hydroxylation sites is 1. The molecule has 47 heavy (non-hydrogen) atoms. The van der Waals surface area contributed by atoms with E-state index in [0.717, 1.165) is 61.3 Å². The lowest BCUT2D eigenvalue weighted by Gasteiger charge is -2.34. The minimum atomic E-state index is -0.145. The Balaban J connectivity index is 1.12. The molecular formula is C42H29N3O2. The molecule has 3 heterocycles. The van der Waals surface area contributed by atoms with Crippen LogP contribution in [-0.4, -0.2) is 15.0 Å². The zero-order chi connectivity index (χ0) is 31.5. The summed E-state index contributed by atoms with van der Waals surface area (Å²) in [7, 11) is 0. The number of benzene rings is 6. The maximum absolute atomic E-state index is 6.41. The molecule has 0 saturated carbocycles. The molecule has 0 amide bonds. The van der Waals surface area contributed by atoms with Gasteiger partial charge >= 0.3 is 0 Å². The van der Waals surface area contributed by atoms with Gasteiger partial charge < -0.3 is 9.15 Å². The lowest BCUT2D eigenvalue weighted by Crippen LogP contribution is -2.24. The third kappa shape index (κ3) is 4.59. The monoisotopic (exact) mass is 607 g/mol. The molecule has 0 radical (unpaired) electrons. The highest BCUT2D eigenvalue weighted by Gasteiger charge is 2.34. The smallest absolute Gasteiger partial charge is 0.164 e. The van der Waals surface area contributed by atoms with Crippen LogP contribution in [0.1, 0.15) is 25.0 Å². The van der Waals surface area contributed by atoms with Crippen molar-refractivity contribution in [1.82, 2.24) is 15.0 Å². The second-order valence-corrected chi connectivity index (χ2v) is 12.5. The second kappa shape index (κ2) is 10.5. The fourth-order valence-electron chi connectivity index (χ4n) is 6.67. The molecule has 8 aromatic rings. The van der Waals surface area contributed by atoms with Gasteiger partial charge in [0.05, 0.1) is 0 Å². The Morgan fingerprint density at radius 3 is 1.72 bits per heavy atom. The van der Waals surface area contributed by atoms with Crippen molar-refractivity contribution < 1.29 is 9.15 Å². The summed E-state index contributed by atoms with van der Waals surface area (Å²) >= 11 is 0. The molecule has 0 bridgehead atoms. The summed E-state index contributed by atoms with van der Waals surface area (Å²) in [5, 5.41) is 2.09. The second-order valence-electron chi connectivity index (χ2n) is 12.5. The average molecular weight is 608 g/mol. The lowest BCUT2D eigenvalue weighted by molar-refractivity contribution is 0.418. The summed E-state index contributed by atoms with van der Waals surface area (Å²) in [5.41, 5.74) is 8.79. The molecular weight excluding hydrogens is 578 g/mol. The molecule has 0 spiro atoms. The number of aromatic nitrogens is 3. The van der Waals surface area contributed by atoms with E-state index >= 15 is 0 Å². The van der Waals surface area contributed by atoms with E-state index in [0.29, 0.717) is 17.5 Å². The third-order valence-corrected chi connectivity index (χ3v) is 9.20. The quantitative estimate of drug-likeness (QED) is 0.199. The predicted molar refractivity (Wildman–Crippen MR) is 187 cm³/mol. The molecule has 0 saturated heterocycles. The zero-order valence-corrected chi connectivity index (χ0v) is 25.9. The molecule has 224 valence electrons. The normalized spacial score (nSPS) is 13.2. The Labute approximate surface area is 272 Å². The molecule has 0 fully saturated rings. The molecule has 9 rings (SSSR count). The Hall–Kier alpha value is -6.07. The summed E-state index contributed by atoms with van der Waals surface area (Å²) in [6, 6.07) is 47.4. The van der Waals surface area contributed by atoms with E-state index < -0.39 is 0 Å². The fraction of sp³-hybridized carbons (Fsp3) is 0.0714. The van der Waals surface area contributed by atoms with Crippen LogP contribution in [0.2, 0.25) is 0 Å². The first-order valence-corrected chi connectivity index (χ1v) is 15.8. The summed E-state index contributed by atoms with van der Waals surface area (Å²) < 4.78 is 12.8. The van der Waals surface area contributed by atoms with Crippen molar-refractivity contribution in [3.05, 3.63) is 151 Å². The molecule has 0 aliphatic carbocycles. The van der Waals surface area contributed by atoms with Crippen molar-refractivity contribution in [2.45, 2.75) is 19.3 Å². The van der Waals surface area contributed by atoms with Gasteiger partial charge in [-0.2, -0.15) is 0 Å². The summed E-state index contributed by atoms with van der Waals surface area (Å²) in [4.78, 5) is 14.6. The molecule has 0 atom stereocenters. The molecule has 5 nitrogen and oxygen atoms in total. The van der Waals surface area contributed by atoms with Gasteiger partial charge in [-0.1, -0.05) is 117 Å². The van der Waals surface area contributed by atoms with Crippen LogP contribution in [0.25, 0.3) is 67.2 Å². The Morgan fingerprint density at radius 2 is 1.00 bits per heavy atom. The highest BCUT2D eigenvalue weighted by molar-refractivity contribution is 6.07. The Kier molecular flexibility index (Phi) is 6.09. The number of furan rings is 1. The van der Waals surface area contributed by atoms with Crippen LogP contribution < -0.4 is 4.74 Å². The van der Waals surface area contributed by atoms with Crippen molar-refractivity contribution in [3.8, 4) is 56.8 Å². The van der Waals surface area contributed by atoms with Crippen molar-refractivity contribution in [2.24, 2.45) is 0 Å². The largest absolute Gasteiger partial charge is 0.457 e. The van der Waals surface area contributed by atoms with E-state index in [2.05, 4.69) is 68.4 Å². The number of rotatable bonds is 4. The van der Waals surface area contributed by atoms with Gasteiger partial charge in [0.1, 0.15) is 22.7 Å². The van der Waals surface area contributed by atoms with Crippen molar-refractivity contribution in [1.29, 1.82) is 0 Å². The molecule has 5 heteroatoms. The maximum Gasteiger partial charge on any atom is 0.164 e. The van der Waals surface area contributed by atoms with Crippen LogP contribution in [0.3, 0.4) is 0 Å². The van der Waals surface area contributed by atoms with Crippen molar-refractivity contribution >= 4 is 21.9 Å². The number of ether oxygens (including phenoxy) is 1. The molecule has 1 aliphatic heterocycles. The highest BCUT2D eigenvalue weighted by atomic mass is 16.5. The van der Waals surface area contributed by atoms with Gasteiger partial charge in [-0.25, -0.2) is 15.0 Å². The van der Waals surface area contributed by atoms with Gasteiger partial charge in [0.15, 0.2) is 17.5 Å². The van der Waals surface area contributed by atoms with Gasteiger partial charge in [0.25, 0.3) is 0 Å². The Bertz CT molecular complexity index is 2410. The fourth-order valence-corrected chi connectivity index (χ4v) is 6.67. The standard InChI is InChI=1S/C42H29N3O2/c1-42(2)33-15-9-10-16-36(33)47-38-24-29(18-21-34(38)42)28-19-22-35-32(23-28)31-20-17-30(25-37(31)46-35)41-44-39(26-11-5-3-6-12-26)43-40(45-41)27-13-7-4-8-14-27/h3-25H,1-2H3. The first kappa shape index (κ1) is 27.3. The van der Waals surface area contributed by atoms with Crippen molar-refractivity contribution in [2.75, 3.05) is 0 Å². The summed E-state index contributed by atoms with van der Waals surface area (Å²) in [6.45, 7) is 4.51. The number of hydrogen-bond acceptors (Lipinski definition) is 5. The SMILES string of the molecule is CC1(C)c2ccccc2Oc2cc(-c3ccc4oc5cc(-c6nc(-c7ccccc7)nc(-c7ccccc7)n6)ccc5c4c3)ccc21. The predicted octanol–water partition coefficient (Wildman–Crippen LogP) is 10.9. The summed E-state index contributed by atoms with van der Waals surface area (Å²) in [5.74, 6) is 3.67. The van der Waals surface area contributed by atoms with Crippen LogP contribution >= 0.6 is 0 Å². The van der Waals surface area contributed by atoms with E-state index in [4.69, 9.17) is 24.1 Å². The molecule has 0 unspecified atom stereocenters. The van der Waals surface area contributed by atoms with Gasteiger partial charge in [-0.15, -0.1) is 0 Å². The lowest BCUT2D eigenvalue weighted by atomic mass is 9.75. The van der Waals surface area contributed by atoms with Gasteiger partial charge in [0.2, 0.25) is 0 Å². The molecule has 0 N–H and O–H groups in total. The zero-order valence-electron chi connectivity index (χ0n) is 25.9. The van der Waals surface area contributed by atoms with Crippen LogP contribution in [0.15, 0.2) is 144 Å². The van der Waals surface area contributed by atoms with Gasteiger partial charge in [-0.05, 0) is 47.5 Å². The van der Waals surface area contributed by atoms with E-state index in [1.807, 2.05) is 84.9 Å². The number of hydrogen-bond donors (Lipinski definition) is 0. The van der Waals surface area contributed by atoms with Crippen LogP contribution in [0, 0.1) is 0 Å². The molecule has 1 aliphatic rings. The van der Waals surface area contributed by atoms with E-state index in [9.17, 15) is 0 Å².